The molecule has 2 saturated heterocycles. The molecule has 2 aliphatic rings. The zero-order valence-corrected chi connectivity index (χ0v) is 34.4. The molecule has 0 bridgehead atoms. The Morgan fingerprint density at radius 1 is 0.982 bits per heavy atom. The van der Waals surface area contributed by atoms with Crippen molar-refractivity contribution in [1.82, 2.24) is 25.4 Å². The van der Waals surface area contributed by atoms with Crippen molar-refractivity contribution >= 4 is 52.5 Å². The largest absolute Gasteiger partial charge is 0.496 e. The molecule has 0 saturated carbocycles. The first-order valence-corrected chi connectivity index (χ1v) is 19.9. The minimum atomic E-state index is -0.704. The fourth-order valence-electron chi connectivity index (χ4n) is 7.14. The predicted octanol–water partition coefficient (Wildman–Crippen LogP) is 8.73. The topological polar surface area (TPSA) is 125 Å². The molecule has 1 atom stereocenters. The van der Waals surface area contributed by atoms with Crippen LogP contribution in [0.1, 0.15) is 64.5 Å². The number of likely N-dealkylation sites (tertiary alicyclic amines) is 1. The molecule has 3 N–H and O–H groups in total. The molecule has 14 heteroatoms. The van der Waals surface area contributed by atoms with Crippen LogP contribution in [0.3, 0.4) is 0 Å². The minimum absolute atomic E-state index is 0.0370. The lowest BCUT2D eigenvalue weighted by atomic mass is 10.0. The van der Waals surface area contributed by atoms with Gasteiger partial charge in [-0.2, -0.15) is 0 Å². The van der Waals surface area contributed by atoms with Crippen molar-refractivity contribution in [1.29, 1.82) is 0 Å². The molecule has 4 aromatic rings. The Morgan fingerprint density at radius 3 is 2.39 bits per heavy atom. The van der Waals surface area contributed by atoms with Crippen LogP contribution < -0.4 is 20.7 Å². The maximum Gasteiger partial charge on any atom is 0.410 e. The summed E-state index contributed by atoms with van der Waals surface area (Å²) >= 11 is 14.1. The van der Waals surface area contributed by atoms with E-state index in [2.05, 4.69) is 20.9 Å². The maximum absolute atomic E-state index is 15.8. The van der Waals surface area contributed by atoms with Crippen LogP contribution in [0, 0.1) is 5.82 Å². The number of nitrogens with one attached hydrogen (secondary N) is 3. The monoisotopic (exact) mass is 818 g/mol. The summed E-state index contributed by atoms with van der Waals surface area (Å²) in [4.78, 5) is 44.9. The molecule has 2 fully saturated rings. The fraction of sp³-hybridized carbons (Fsp3) is 0.395. The Morgan fingerprint density at radius 2 is 1.70 bits per heavy atom. The molecule has 0 unspecified atom stereocenters. The van der Waals surface area contributed by atoms with Gasteiger partial charge in [0.05, 0.1) is 40.8 Å². The van der Waals surface area contributed by atoms with Gasteiger partial charge in [-0.05, 0) is 64.3 Å². The summed E-state index contributed by atoms with van der Waals surface area (Å²) in [5, 5.41) is 10.3. The highest BCUT2D eigenvalue weighted by atomic mass is 35.5. The normalized spacial score (nSPS) is 16.0. The molecule has 0 radical (unpaired) electrons. The fourth-order valence-corrected chi connectivity index (χ4v) is 7.74. The Balaban J connectivity index is 1.20. The Bertz CT molecular complexity index is 2120. The Labute approximate surface area is 343 Å². The number of halogens is 3. The van der Waals surface area contributed by atoms with Crippen LogP contribution in [0.2, 0.25) is 10.0 Å². The minimum Gasteiger partial charge on any atom is -0.496 e. The van der Waals surface area contributed by atoms with Gasteiger partial charge in [-0.25, -0.2) is 9.18 Å². The molecular weight excluding hydrogens is 770 g/mol. The number of piperidine rings is 1. The number of amides is 3. The van der Waals surface area contributed by atoms with Crippen molar-refractivity contribution in [2.24, 2.45) is 0 Å². The van der Waals surface area contributed by atoms with Gasteiger partial charge < -0.3 is 35.2 Å². The zero-order valence-electron chi connectivity index (χ0n) is 32.9. The van der Waals surface area contributed by atoms with Crippen molar-refractivity contribution in [2.75, 3.05) is 32.1 Å². The first kappa shape index (κ1) is 41.7. The van der Waals surface area contributed by atoms with E-state index in [1.165, 1.54) is 0 Å². The lowest BCUT2D eigenvalue weighted by molar-refractivity contribution is -0.130. The molecule has 0 aliphatic carbocycles. The van der Waals surface area contributed by atoms with E-state index in [1.54, 1.807) is 55.5 Å². The number of hydrogen-bond acceptors (Lipinski definition) is 8. The second-order valence-electron chi connectivity index (χ2n) is 15.4. The van der Waals surface area contributed by atoms with Gasteiger partial charge in [-0.3, -0.25) is 14.6 Å². The molecular formula is C43H49Cl2FN6O5. The molecule has 302 valence electrons. The first-order valence-electron chi connectivity index (χ1n) is 19.1. The lowest BCUT2D eigenvalue weighted by Gasteiger charge is -2.31. The van der Waals surface area contributed by atoms with E-state index < -0.39 is 11.7 Å². The predicted molar refractivity (Wildman–Crippen MR) is 221 cm³/mol. The number of ether oxygens (including phenoxy) is 2. The summed E-state index contributed by atoms with van der Waals surface area (Å²) in [5.74, 6) is 0.176. The third kappa shape index (κ3) is 10.3. The highest BCUT2D eigenvalue weighted by Gasteiger charge is 2.29. The average Bonchev–Trinajstić information content (AvgIpc) is 3.59. The van der Waals surface area contributed by atoms with Gasteiger partial charge in [0.25, 0.3) is 0 Å². The van der Waals surface area contributed by atoms with E-state index in [9.17, 15) is 14.4 Å². The van der Waals surface area contributed by atoms with Crippen LogP contribution in [0.5, 0.6) is 5.75 Å². The smallest absolute Gasteiger partial charge is 0.410 e. The third-order valence-electron chi connectivity index (χ3n) is 10.1. The summed E-state index contributed by atoms with van der Waals surface area (Å²) < 4.78 is 27.3. The van der Waals surface area contributed by atoms with Gasteiger partial charge in [-0.1, -0.05) is 59.6 Å². The van der Waals surface area contributed by atoms with E-state index >= 15 is 4.39 Å². The Hall–Kier alpha value is -4.91. The van der Waals surface area contributed by atoms with E-state index in [-0.39, 0.29) is 48.5 Å². The molecule has 0 spiro atoms. The number of pyridine rings is 1. The first-order chi connectivity index (χ1) is 27.2. The second kappa shape index (κ2) is 18.1. The molecule has 57 heavy (non-hydrogen) atoms. The maximum atomic E-state index is 15.8. The number of methoxy groups -OCH3 is 1. The van der Waals surface area contributed by atoms with E-state index in [1.807, 2.05) is 56.0 Å². The number of aromatic nitrogens is 1. The van der Waals surface area contributed by atoms with Crippen molar-refractivity contribution in [3.05, 3.63) is 93.8 Å². The van der Waals surface area contributed by atoms with Crippen LogP contribution in [0.4, 0.5) is 20.6 Å². The molecule has 2 aliphatic heterocycles. The summed E-state index contributed by atoms with van der Waals surface area (Å²) in [5.41, 5.74) is 3.75. The van der Waals surface area contributed by atoms with Gasteiger partial charge in [0.2, 0.25) is 11.8 Å². The number of benzene rings is 3. The van der Waals surface area contributed by atoms with Gasteiger partial charge in [0.15, 0.2) is 5.82 Å². The van der Waals surface area contributed by atoms with Crippen molar-refractivity contribution in [3.8, 4) is 28.1 Å². The van der Waals surface area contributed by atoms with Crippen molar-refractivity contribution in [3.63, 3.8) is 0 Å². The Kier molecular flexibility index (Phi) is 13.3. The molecule has 6 rings (SSSR count). The van der Waals surface area contributed by atoms with E-state index in [4.69, 9.17) is 32.7 Å². The van der Waals surface area contributed by atoms with Crippen LogP contribution in [0.15, 0.2) is 66.9 Å². The summed E-state index contributed by atoms with van der Waals surface area (Å²) in [6.45, 7) is 9.21. The van der Waals surface area contributed by atoms with Crippen LogP contribution >= 0.6 is 23.2 Å². The lowest BCUT2D eigenvalue weighted by Crippen LogP contribution is -2.44. The summed E-state index contributed by atoms with van der Waals surface area (Å²) in [6, 6.07) is 18.0. The highest BCUT2D eigenvalue weighted by molar-refractivity contribution is 6.39. The summed E-state index contributed by atoms with van der Waals surface area (Å²) in [7, 11) is 1.55. The summed E-state index contributed by atoms with van der Waals surface area (Å²) in [6.07, 6.45) is 3.83. The quantitative estimate of drug-likeness (QED) is 0.130. The van der Waals surface area contributed by atoms with Gasteiger partial charge in [0, 0.05) is 85.6 Å². The SMILES string of the molecule is COc1cc(-c2nccc(-c3cccc(Nc4cccc(CNC5CCN(C(C)=O)CC5)c4F)c3Cl)c2Cl)ccc1CN(C[C@@H]1CCC(=O)N1)C(=O)OC(C)(C)C. The highest BCUT2D eigenvalue weighted by Crippen LogP contribution is 2.42. The van der Waals surface area contributed by atoms with Crippen LogP contribution in [-0.2, 0) is 27.4 Å². The van der Waals surface area contributed by atoms with E-state index in [0.717, 1.165) is 18.4 Å². The number of anilines is 2. The number of hydrogen-bond donors (Lipinski definition) is 3. The van der Waals surface area contributed by atoms with Crippen LogP contribution in [0.25, 0.3) is 22.4 Å². The zero-order chi connectivity index (χ0) is 40.9. The number of nitrogens with zero attached hydrogens (tertiary/aromatic N) is 3. The van der Waals surface area contributed by atoms with E-state index in [0.29, 0.717) is 81.9 Å². The second-order valence-corrected chi connectivity index (χ2v) is 16.2. The molecule has 11 nitrogen and oxygen atoms in total. The number of carbonyl (C=O) groups is 3. The van der Waals surface area contributed by atoms with Crippen LogP contribution in [-0.4, -0.2) is 77.1 Å². The van der Waals surface area contributed by atoms with Gasteiger partial charge in [-0.15, -0.1) is 0 Å². The standard InChI is InChI=1S/C43H49Cl2FN6O5/c1-26(53)51-20-17-30(18-21-51)48-23-28-8-6-11-35(40(28)46)50-34-10-7-9-32(38(34)44)33-16-19-47-41(39(33)45)27-12-13-29(36(22-27)56-5)24-52(42(55)57-43(2,3)4)25-31-14-15-37(54)49-31/h6-13,16,19,22,30-31,48,50H,14-15,17-18,20-21,23-25H2,1-5H3,(H,49,54)/t31-/m0/s1. The van der Waals surface area contributed by atoms with Gasteiger partial charge in [0.1, 0.15) is 11.4 Å². The van der Waals surface area contributed by atoms with Crippen molar-refractivity contribution < 1.29 is 28.2 Å². The molecule has 3 heterocycles. The average molecular weight is 820 g/mol. The number of rotatable bonds is 12. The molecule has 3 aromatic carbocycles. The van der Waals surface area contributed by atoms with Gasteiger partial charge >= 0.3 is 6.09 Å². The number of carbonyl (C=O) groups excluding carboxylic acids is 3. The molecule has 3 amide bonds. The molecule has 1 aromatic heterocycles. The third-order valence-corrected chi connectivity index (χ3v) is 10.9. The van der Waals surface area contributed by atoms with Crippen molar-refractivity contribution in [2.45, 2.75) is 84.2 Å².